The minimum absolute atomic E-state index is 0.0267. The molecule has 2 N–H and O–H groups in total. The Labute approximate surface area is 163 Å². The molecule has 27 heavy (non-hydrogen) atoms. The Kier molecular flexibility index (Phi) is 5.94. The first-order chi connectivity index (χ1) is 13.0. The highest BCUT2D eigenvalue weighted by atomic mass is 32.2. The molecule has 2 aliphatic heterocycles. The molecule has 3 rings (SSSR count). The molecule has 7 nitrogen and oxygen atoms in total. The minimum Gasteiger partial charge on any atom is -0.496 e. The van der Waals surface area contributed by atoms with Crippen molar-refractivity contribution in [2.45, 2.75) is 49.2 Å². The molecule has 3 unspecified atom stereocenters. The second kappa shape index (κ2) is 8.21. The highest BCUT2D eigenvalue weighted by Crippen LogP contribution is 2.27. The number of carbonyl (C=O) groups is 3. The van der Waals surface area contributed by atoms with Gasteiger partial charge in [0, 0.05) is 17.5 Å². The topological polar surface area (TPSA) is 87.7 Å². The Hall–Kier alpha value is -2.22. The van der Waals surface area contributed by atoms with Crippen molar-refractivity contribution < 1.29 is 19.1 Å². The number of methoxy groups -OCH3 is 1. The summed E-state index contributed by atoms with van der Waals surface area (Å²) in [6.07, 6.45) is 3.59. The molecule has 2 heterocycles. The molecule has 8 heteroatoms. The van der Waals surface area contributed by atoms with E-state index in [-0.39, 0.29) is 23.8 Å². The predicted octanol–water partition coefficient (Wildman–Crippen LogP) is 1.41. The molecule has 146 valence electrons. The van der Waals surface area contributed by atoms with Gasteiger partial charge in [-0.25, -0.2) is 0 Å². The van der Waals surface area contributed by atoms with Crippen LogP contribution in [-0.2, 0) is 9.59 Å². The van der Waals surface area contributed by atoms with Gasteiger partial charge in [0.25, 0.3) is 5.91 Å². The van der Waals surface area contributed by atoms with Gasteiger partial charge in [-0.1, -0.05) is 6.92 Å². The number of amides is 3. The van der Waals surface area contributed by atoms with Crippen molar-refractivity contribution in [1.29, 1.82) is 0 Å². The molecule has 0 bridgehead atoms. The molecule has 0 aromatic heterocycles. The molecule has 2 saturated heterocycles. The zero-order valence-electron chi connectivity index (χ0n) is 15.8. The largest absolute Gasteiger partial charge is 0.496 e. The molecule has 3 atom stereocenters. The third-order valence-electron chi connectivity index (χ3n) is 5.20. The van der Waals surface area contributed by atoms with Crippen LogP contribution in [-0.4, -0.2) is 60.7 Å². The lowest BCUT2D eigenvalue weighted by Crippen LogP contribution is -2.66. The zero-order chi connectivity index (χ0) is 19.6. The summed E-state index contributed by atoms with van der Waals surface area (Å²) in [6, 6.07) is 4.35. The fourth-order valence-corrected chi connectivity index (χ4v) is 4.09. The smallest absolute Gasteiger partial charge is 0.255 e. The molecule has 0 saturated carbocycles. The lowest BCUT2D eigenvalue weighted by molar-refractivity contribution is -0.151. The van der Waals surface area contributed by atoms with Gasteiger partial charge in [0.1, 0.15) is 17.8 Å². The fraction of sp³-hybridized carbons (Fsp3) is 0.526. The molecule has 2 aliphatic rings. The first kappa shape index (κ1) is 19.5. The fourth-order valence-electron chi connectivity index (χ4n) is 3.66. The van der Waals surface area contributed by atoms with E-state index < -0.39 is 12.1 Å². The highest BCUT2D eigenvalue weighted by Gasteiger charge is 2.43. The third-order valence-corrected chi connectivity index (χ3v) is 5.92. The summed E-state index contributed by atoms with van der Waals surface area (Å²) >= 11 is 1.58. The SMILES string of the molecule is CCC1NC(=O)C2CC(NC(=O)c3ccc(SC)cc3OC)CCN2C1=O. The van der Waals surface area contributed by atoms with Crippen molar-refractivity contribution in [3.05, 3.63) is 23.8 Å². The van der Waals surface area contributed by atoms with E-state index in [1.54, 1.807) is 22.7 Å². The maximum absolute atomic E-state index is 12.7. The van der Waals surface area contributed by atoms with Gasteiger partial charge in [0.15, 0.2) is 0 Å². The van der Waals surface area contributed by atoms with E-state index in [0.717, 1.165) is 4.90 Å². The quantitative estimate of drug-likeness (QED) is 0.741. The van der Waals surface area contributed by atoms with E-state index in [4.69, 9.17) is 4.74 Å². The number of hydrogen-bond donors (Lipinski definition) is 2. The molecule has 0 spiro atoms. The number of piperidine rings is 1. The summed E-state index contributed by atoms with van der Waals surface area (Å²) < 4.78 is 5.35. The maximum atomic E-state index is 12.7. The van der Waals surface area contributed by atoms with Crippen LogP contribution in [0.15, 0.2) is 23.1 Å². The summed E-state index contributed by atoms with van der Waals surface area (Å²) in [7, 11) is 1.54. The molecule has 1 aromatic rings. The van der Waals surface area contributed by atoms with Gasteiger partial charge in [0.2, 0.25) is 11.8 Å². The molecular formula is C19H25N3O4S. The standard InChI is InChI=1S/C19H25N3O4S/c1-4-14-19(25)22-8-7-11(9-15(22)18(24)21-14)20-17(23)13-6-5-12(27-3)10-16(13)26-2/h5-6,10-11,14-15H,4,7-9H2,1-3H3,(H,20,23)(H,21,24). The van der Waals surface area contributed by atoms with Crippen molar-refractivity contribution in [1.82, 2.24) is 15.5 Å². The summed E-state index contributed by atoms with van der Waals surface area (Å²) in [5.74, 6) is 0.128. The number of ether oxygens (including phenoxy) is 1. The van der Waals surface area contributed by atoms with Crippen LogP contribution < -0.4 is 15.4 Å². The zero-order valence-corrected chi connectivity index (χ0v) is 16.6. The van der Waals surface area contributed by atoms with Crippen LogP contribution in [0.2, 0.25) is 0 Å². The summed E-state index contributed by atoms with van der Waals surface area (Å²) in [4.78, 5) is 40.2. The van der Waals surface area contributed by atoms with Crippen LogP contribution in [0.4, 0.5) is 0 Å². The van der Waals surface area contributed by atoms with Gasteiger partial charge in [-0.3, -0.25) is 14.4 Å². The van der Waals surface area contributed by atoms with E-state index in [0.29, 0.717) is 37.1 Å². The number of fused-ring (bicyclic) bond motifs is 1. The second-order valence-corrected chi connectivity index (χ2v) is 7.66. The number of nitrogens with zero attached hydrogens (tertiary/aromatic N) is 1. The van der Waals surface area contributed by atoms with Crippen LogP contribution in [0.25, 0.3) is 0 Å². The third kappa shape index (κ3) is 3.90. The van der Waals surface area contributed by atoms with Gasteiger partial charge < -0.3 is 20.3 Å². The highest BCUT2D eigenvalue weighted by molar-refractivity contribution is 7.98. The molecule has 0 radical (unpaired) electrons. The number of hydrogen-bond acceptors (Lipinski definition) is 5. The van der Waals surface area contributed by atoms with Gasteiger partial charge in [-0.05, 0) is 43.7 Å². The van der Waals surface area contributed by atoms with Crippen LogP contribution in [0.5, 0.6) is 5.75 Å². The van der Waals surface area contributed by atoms with E-state index in [2.05, 4.69) is 10.6 Å². The van der Waals surface area contributed by atoms with Crippen molar-refractivity contribution in [2.75, 3.05) is 19.9 Å². The first-order valence-electron chi connectivity index (χ1n) is 9.12. The Morgan fingerprint density at radius 2 is 2.19 bits per heavy atom. The number of thioether (sulfide) groups is 1. The van der Waals surface area contributed by atoms with Crippen LogP contribution >= 0.6 is 11.8 Å². The molecular weight excluding hydrogens is 366 g/mol. The van der Waals surface area contributed by atoms with E-state index in [9.17, 15) is 14.4 Å². The molecule has 0 aliphatic carbocycles. The monoisotopic (exact) mass is 391 g/mol. The number of carbonyl (C=O) groups excluding carboxylic acids is 3. The van der Waals surface area contributed by atoms with Gasteiger partial charge in [0.05, 0.1) is 12.7 Å². The predicted molar refractivity (Wildman–Crippen MR) is 103 cm³/mol. The lowest BCUT2D eigenvalue weighted by atomic mass is 9.92. The Bertz CT molecular complexity index is 754. The number of piperazine rings is 1. The Balaban J connectivity index is 1.69. The van der Waals surface area contributed by atoms with Crippen LogP contribution in [0.1, 0.15) is 36.5 Å². The molecule has 3 amide bonds. The lowest BCUT2D eigenvalue weighted by Gasteiger charge is -2.44. The van der Waals surface area contributed by atoms with E-state index in [1.165, 1.54) is 7.11 Å². The summed E-state index contributed by atoms with van der Waals surface area (Å²) in [6.45, 7) is 2.35. The average molecular weight is 391 g/mol. The first-order valence-corrected chi connectivity index (χ1v) is 10.3. The van der Waals surface area contributed by atoms with Gasteiger partial charge in [-0.2, -0.15) is 0 Å². The van der Waals surface area contributed by atoms with Gasteiger partial charge >= 0.3 is 0 Å². The van der Waals surface area contributed by atoms with Crippen molar-refractivity contribution in [2.24, 2.45) is 0 Å². The Morgan fingerprint density at radius 1 is 1.41 bits per heavy atom. The summed E-state index contributed by atoms with van der Waals surface area (Å²) in [5.41, 5.74) is 0.466. The molecule has 1 aromatic carbocycles. The van der Waals surface area contributed by atoms with Crippen molar-refractivity contribution in [3.8, 4) is 5.75 Å². The maximum Gasteiger partial charge on any atom is 0.255 e. The number of nitrogens with one attached hydrogen (secondary N) is 2. The molecule has 2 fully saturated rings. The van der Waals surface area contributed by atoms with Crippen LogP contribution in [0.3, 0.4) is 0 Å². The number of benzene rings is 1. The second-order valence-electron chi connectivity index (χ2n) is 6.78. The van der Waals surface area contributed by atoms with Crippen molar-refractivity contribution in [3.63, 3.8) is 0 Å². The summed E-state index contributed by atoms with van der Waals surface area (Å²) in [5, 5.41) is 5.78. The normalized spacial score (nSPS) is 24.9. The van der Waals surface area contributed by atoms with E-state index >= 15 is 0 Å². The minimum atomic E-state index is -0.514. The van der Waals surface area contributed by atoms with Crippen molar-refractivity contribution >= 4 is 29.5 Å². The Morgan fingerprint density at radius 3 is 2.85 bits per heavy atom. The van der Waals surface area contributed by atoms with E-state index in [1.807, 2.05) is 25.3 Å². The average Bonchev–Trinajstić information content (AvgIpc) is 2.69. The van der Waals surface area contributed by atoms with Crippen LogP contribution in [0, 0.1) is 0 Å². The number of rotatable bonds is 5. The van der Waals surface area contributed by atoms with Gasteiger partial charge in [-0.15, -0.1) is 11.8 Å².